The maximum atomic E-state index is 11.9. The summed E-state index contributed by atoms with van der Waals surface area (Å²) in [7, 11) is 0. The van der Waals surface area contributed by atoms with Crippen molar-refractivity contribution >= 4 is 22.7 Å². The lowest BCUT2D eigenvalue weighted by Gasteiger charge is -2.13. The van der Waals surface area contributed by atoms with E-state index >= 15 is 0 Å². The van der Waals surface area contributed by atoms with Gasteiger partial charge < -0.3 is 10.6 Å². The number of nitrogens with one attached hydrogen (secondary N) is 2. The SMILES string of the molecule is C[C@@H]([NH2+]CC(=O)NC(=O)NC1CC1)c1cccc2ccccc12. The summed E-state index contributed by atoms with van der Waals surface area (Å²) in [6, 6.07) is 14.4. The summed E-state index contributed by atoms with van der Waals surface area (Å²) in [4.78, 5) is 23.4. The molecule has 0 aromatic heterocycles. The predicted octanol–water partition coefficient (Wildman–Crippen LogP) is 1.45. The third-order valence-electron chi connectivity index (χ3n) is 4.14. The van der Waals surface area contributed by atoms with Crippen molar-refractivity contribution in [1.29, 1.82) is 0 Å². The van der Waals surface area contributed by atoms with Crippen molar-refractivity contribution < 1.29 is 14.9 Å². The number of carbonyl (C=O) groups excluding carboxylic acids is 2. The highest BCUT2D eigenvalue weighted by molar-refractivity contribution is 5.94. The molecule has 1 aliphatic carbocycles. The zero-order valence-electron chi connectivity index (χ0n) is 13.2. The quantitative estimate of drug-likeness (QED) is 0.782. The summed E-state index contributed by atoms with van der Waals surface area (Å²) in [5, 5.41) is 9.46. The molecule has 0 saturated heterocycles. The van der Waals surface area contributed by atoms with Crippen LogP contribution in [0.5, 0.6) is 0 Å². The van der Waals surface area contributed by atoms with Crippen LogP contribution in [-0.4, -0.2) is 24.5 Å². The zero-order chi connectivity index (χ0) is 16.2. The molecule has 5 heteroatoms. The van der Waals surface area contributed by atoms with E-state index in [4.69, 9.17) is 0 Å². The van der Waals surface area contributed by atoms with Crippen molar-refractivity contribution in [3.05, 3.63) is 48.0 Å². The molecular weight excluding hydrogens is 290 g/mol. The Bertz CT molecular complexity index is 720. The fraction of sp³-hybridized carbons (Fsp3) is 0.333. The third-order valence-corrected chi connectivity index (χ3v) is 4.14. The van der Waals surface area contributed by atoms with Gasteiger partial charge >= 0.3 is 6.03 Å². The number of nitrogens with two attached hydrogens (primary N) is 1. The van der Waals surface area contributed by atoms with E-state index in [1.54, 1.807) is 0 Å². The molecule has 0 aliphatic heterocycles. The van der Waals surface area contributed by atoms with Crippen LogP contribution in [0.2, 0.25) is 0 Å². The minimum absolute atomic E-state index is 0.137. The van der Waals surface area contributed by atoms with Gasteiger partial charge in [-0.15, -0.1) is 0 Å². The molecule has 3 rings (SSSR count). The molecule has 0 unspecified atom stereocenters. The van der Waals surface area contributed by atoms with Crippen LogP contribution in [0.3, 0.4) is 0 Å². The average molecular weight is 312 g/mol. The van der Waals surface area contributed by atoms with Gasteiger partial charge in [-0.1, -0.05) is 42.5 Å². The average Bonchev–Trinajstić information content (AvgIpc) is 3.35. The van der Waals surface area contributed by atoms with Crippen LogP contribution in [0.25, 0.3) is 10.8 Å². The van der Waals surface area contributed by atoms with E-state index in [2.05, 4.69) is 41.8 Å². The molecule has 1 saturated carbocycles. The Balaban J connectivity index is 1.56. The van der Waals surface area contributed by atoms with E-state index in [9.17, 15) is 9.59 Å². The normalized spacial score (nSPS) is 15.2. The van der Waals surface area contributed by atoms with Crippen LogP contribution < -0.4 is 16.0 Å². The van der Waals surface area contributed by atoms with Gasteiger partial charge in [0.05, 0.1) is 0 Å². The third kappa shape index (κ3) is 4.07. The first kappa shape index (κ1) is 15.5. The molecule has 2 aromatic carbocycles. The van der Waals surface area contributed by atoms with Crippen molar-refractivity contribution in [1.82, 2.24) is 10.6 Å². The molecule has 3 amide bonds. The summed E-state index contributed by atoms with van der Waals surface area (Å²) in [5.74, 6) is -0.268. The summed E-state index contributed by atoms with van der Waals surface area (Å²) >= 11 is 0. The number of amides is 3. The minimum Gasteiger partial charge on any atom is -0.335 e. The van der Waals surface area contributed by atoms with Crippen LogP contribution >= 0.6 is 0 Å². The molecular formula is C18H22N3O2+. The number of hydrogen-bond acceptors (Lipinski definition) is 2. The van der Waals surface area contributed by atoms with Crippen LogP contribution in [0.1, 0.15) is 31.4 Å². The van der Waals surface area contributed by atoms with Gasteiger partial charge in [0.15, 0.2) is 6.54 Å². The van der Waals surface area contributed by atoms with E-state index in [-0.39, 0.29) is 30.6 Å². The van der Waals surface area contributed by atoms with Gasteiger partial charge in [0.1, 0.15) is 6.04 Å². The number of urea groups is 1. The van der Waals surface area contributed by atoms with Crippen LogP contribution in [0, 0.1) is 0 Å². The maximum absolute atomic E-state index is 11.9. The van der Waals surface area contributed by atoms with Crippen LogP contribution in [-0.2, 0) is 4.79 Å². The second-order valence-corrected chi connectivity index (χ2v) is 6.09. The molecule has 4 N–H and O–H groups in total. The number of hydrogen-bond donors (Lipinski definition) is 3. The number of rotatable bonds is 5. The Morgan fingerprint density at radius 2 is 1.91 bits per heavy atom. The molecule has 1 aliphatic rings. The van der Waals surface area contributed by atoms with Gasteiger partial charge in [-0.3, -0.25) is 10.1 Å². The van der Waals surface area contributed by atoms with Crippen molar-refractivity contribution in [3.63, 3.8) is 0 Å². The fourth-order valence-corrected chi connectivity index (χ4v) is 2.69. The summed E-state index contributed by atoms with van der Waals surface area (Å²) < 4.78 is 0. The Hall–Kier alpha value is -2.40. The summed E-state index contributed by atoms with van der Waals surface area (Å²) in [6.45, 7) is 2.29. The van der Waals surface area contributed by atoms with Crippen molar-refractivity contribution in [2.24, 2.45) is 0 Å². The van der Waals surface area contributed by atoms with Gasteiger partial charge in [0.2, 0.25) is 0 Å². The Labute approximate surface area is 135 Å². The van der Waals surface area contributed by atoms with Crippen molar-refractivity contribution in [2.45, 2.75) is 31.8 Å². The van der Waals surface area contributed by atoms with Crippen molar-refractivity contribution in [3.8, 4) is 0 Å². The van der Waals surface area contributed by atoms with Gasteiger partial charge in [0.25, 0.3) is 5.91 Å². The predicted molar refractivity (Wildman–Crippen MR) is 88.9 cm³/mol. The van der Waals surface area contributed by atoms with E-state index < -0.39 is 0 Å². The highest BCUT2D eigenvalue weighted by Gasteiger charge is 2.24. The molecule has 23 heavy (non-hydrogen) atoms. The topological polar surface area (TPSA) is 74.8 Å². The lowest BCUT2D eigenvalue weighted by atomic mass is 10.00. The second kappa shape index (κ2) is 6.79. The largest absolute Gasteiger partial charge is 0.335 e. The molecule has 1 atom stereocenters. The fourth-order valence-electron chi connectivity index (χ4n) is 2.69. The summed E-state index contributed by atoms with van der Waals surface area (Å²) in [6.07, 6.45) is 2.01. The van der Waals surface area contributed by atoms with E-state index in [1.165, 1.54) is 16.3 Å². The number of carbonyl (C=O) groups is 2. The molecule has 5 nitrogen and oxygen atoms in total. The van der Waals surface area contributed by atoms with Crippen LogP contribution in [0.15, 0.2) is 42.5 Å². The maximum Gasteiger partial charge on any atom is 0.321 e. The highest BCUT2D eigenvalue weighted by atomic mass is 16.2. The number of quaternary nitrogens is 1. The first-order valence-electron chi connectivity index (χ1n) is 8.05. The van der Waals surface area contributed by atoms with E-state index in [0.717, 1.165) is 12.8 Å². The standard InChI is InChI=1S/C18H21N3O2/c1-12(15-8-4-6-13-5-2-3-7-16(13)15)19-11-17(22)21-18(23)20-14-9-10-14/h2-8,12,14,19H,9-11H2,1H3,(H2,20,21,22,23)/p+1/t12-/m1/s1. The summed E-state index contributed by atoms with van der Waals surface area (Å²) in [5.41, 5.74) is 1.19. The zero-order valence-corrected chi connectivity index (χ0v) is 13.2. The van der Waals surface area contributed by atoms with Gasteiger partial charge in [0, 0.05) is 11.6 Å². The molecule has 0 spiro atoms. The number of fused-ring (bicyclic) bond motifs is 1. The van der Waals surface area contributed by atoms with Crippen molar-refractivity contribution in [2.75, 3.05) is 6.54 Å². The molecule has 2 aromatic rings. The highest BCUT2D eigenvalue weighted by Crippen LogP contribution is 2.22. The van der Waals surface area contributed by atoms with Gasteiger partial charge in [-0.2, -0.15) is 0 Å². The lowest BCUT2D eigenvalue weighted by molar-refractivity contribution is -0.682. The molecule has 120 valence electrons. The number of benzene rings is 2. The molecule has 0 bridgehead atoms. The van der Waals surface area contributed by atoms with Gasteiger partial charge in [-0.05, 0) is 30.5 Å². The molecule has 0 heterocycles. The number of imide groups is 1. The molecule has 1 fully saturated rings. The van der Waals surface area contributed by atoms with E-state index in [1.807, 2.05) is 23.5 Å². The second-order valence-electron chi connectivity index (χ2n) is 6.09. The lowest BCUT2D eigenvalue weighted by Crippen LogP contribution is -2.87. The Morgan fingerprint density at radius 3 is 2.70 bits per heavy atom. The first-order valence-corrected chi connectivity index (χ1v) is 8.05. The Kier molecular flexibility index (Phi) is 4.57. The first-order chi connectivity index (χ1) is 11.1. The molecule has 0 radical (unpaired) electrons. The minimum atomic E-state index is -0.385. The Morgan fingerprint density at radius 1 is 1.17 bits per heavy atom. The monoisotopic (exact) mass is 312 g/mol. The van der Waals surface area contributed by atoms with Gasteiger partial charge in [-0.25, -0.2) is 4.79 Å². The van der Waals surface area contributed by atoms with Crippen LogP contribution in [0.4, 0.5) is 4.79 Å². The van der Waals surface area contributed by atoms with E-state index in [0.29, 0.717) is 0 Å². The smallest absolute Gasteiger partial charge is 0.321 e.